The Balaban J connectivity index is 2.31. The molecule has 0 spiro atoms. The quantitative estimate of drug-likeness (QED) is 0.693. The smallest absolute Gasteiger partial charge is 0.163 e. The number of rotatable bonds is 2. The molecule has 0 amide bonds. The summed E-state index contributed by atoms with van der Waals surface area (Å²) in [5.41, 5.74) is 1.98. The van der Waals surface area contributed by atoms with E-state index in [0.717, 1.165) is 17.6 Å². The number of allylic oxidation sites excluding steroid dienone is 2. The lowest BCUT2D eigenvalue weighted by atomic mass is 10.1. The van der Waals surface area contributed by atoms with E-state index < -0.39 is 0 Å². The van der Waals surface area contributed by atoms with Crippen LogP contribution >= 0.6 is 0 Å². The maximum absolute atomic E-state index is 11.7. The van der Waals surface area contributed by atoms with Gasteiger partial charge in [0.2, 0.25) is 0 Å². The molecule has 0 bridgehead atoms. The highest BCUT2D eigenvalue weighted by Gasteiger charge is 2.23. The summed E-state index contributed by atoms with van der Waals surface area (Å²) in [6, 6.07) is 9.93. The van der Waals surface area contributed by atoms with Crippen molar-refractivity contribution in [3.8, 4) is 0 Å². The van der Waals surface area contributed by atoms with Gasteiger partial charge in [-0.3, -0.25) is 4.79 Å². The molecule has 1 aromatic rings. The summed E-state index contributed by atoms with van der Waals surface area (Å²) in [6.07, 6.45) is 3.88. The fourth-order valence-corrected chi connectivity index (χ4v) is 1.87. The fourth-order valence-electron chi connectivity index (χ4n) is 1.87. The highest BCUT2D eigenvalue weighted by Crippen LogP contribution is 2.29. The minimum atomic E-state index is 0.294. The van der Waals surface area contributed by atoms with Crippen LogP contribution in [0.25, 0.3) is 5.57 Å². The molecular formula is C13H14O. The van der Waals surface area contributed by atoms with E-state index in [1.54, 1.807) is 0 Å². The monoisotopic (exact) mass is 186 g/mol. The van der Waals surface area contributed by atoms with Crippen LogP contribution in [0.2, 0.25) is 0 Å². The van der Waals surface area contributed by atoms with E-state index in [-0.39, 0.29) is 0 Å². The molecule has 0 radical (unpaired) electrons. The Labute approximate surface area is 84.5 Å². The van der Waals surface area contributed by atoms with Gasteiger partial charge in [0.1, 0.15) is 0 Å². The number of ketones is 1. The number of carbonyl (C=O) groups is 1. The predicted molar refractivity (Wildman–Crippen MR) is 57.8 cm³/mol. The fraction of sp³-hybridized carbons (Fsp3) is 0.308. The lowest BCUT2D eigenvalue weighted by Gasteiger charge is -1.98. The Morgan fingerprint density at radius 1 is 1.29 bits per heavy atom. The molecule has 1 atom stereocenters. The first-order valence-electron chi connectivity index (χ1n) is 5.11. The maximum Gasteiger partial charge on any atom is 0.163 e. The van der Waals surface area contributed by atoms with Gasteiger partial charge in [0.25, 0.3) is 0 Å². The zero-order chi connectivity index (χ0) is 9.97. The minimum Gasteiger partial charge on any atom is -0.294 e. The van der Waals surface area contributed by atoms with Crippen LogP contribution < -0.4 is 0 Å². The third-order valence-electron chi connectivity index (χ3n) is 2.76. The van der Waals surface area contributed by atoms with E-state index in [1.807, 2.05) is 30.3 Å². The van der Waals surface area contributed by atoms with Crippen LogP contribution in [0.5, 0.6) is 0 Å². The van der Waals surface area contributed by atoms with E-state index in [2.05, 4.69) is 13.0 Å². The largest absolute Gasteiger partial charge is 0.294 e. The SMILES string of the molecule is CC[C@H]1C=C(c2ccccc2)C(=O)C1. The summed E-state index contributed by atoms with van der Waals surface area (Å²) in [4.78, 5) is 11.7. The molecule has 0 N–H and O–H groups in total. The van der Waals surface area contributed by atoms with Crippen molar-refractivity contribution in [3.05, 3.63) is 42.0 Å². The molecule has 1 heteroatoms. The van der Waals surface area contributed by atoms with Crippen LogP contribution in [-0.2, 0) is 4.79 Å². The first-order valence-corrected chi connectivity index (χ1v) is 5.11. The number of benzene rings is 1. The van der Waals surface area contributed by atoms with Crippen LogP contribution in [0.1, 0.15) is 25.3 Å². The molecule has 1 aromatic carbocycles. The summed E-state index contributed by atoms with van der Waals surface area (Å²) >= 11 is 0. The zero-order valence-electron chi connectivity index (χ0n) is 8.36. The summed E-state index contributed by atoms with van der Waals surface area (Å²) in [5.74, 6) is 0.751. The van der Waals surface area contributed by atoms with Crippen molar-refractivity contribution in [3.63, 3.8) is 0 Å². The molecular weight excluding hydrogens is 172 g/mol. The van der Waals surface area contributed by atoms with Gasteiger partial charge in [-0.25, -0.2) is 0 Å². The number of carbonyl (C=O) groups excluding carboxylic acids is 1. The third kappa shape index (κ3) is 1.63. The Morgan fingerprint density at radius 3 is 2.57 bits per heavy atom. The second-order valence-electron chi connectivity index (χ2n) is 3.74. The number of Topliss-reactive ketones (excluding diaryl/α,β-unsaturated/α-hetero) is 1. The van der Waals surface area contributed by atoms with Crippen LogP contribution in [0.15, 0.2) is 36.4 Å². The lowest BCUT2D eigenvalue weighted by Crippen LogP contribution is -1.97. The molecule has 0 fully saturated rings. The van der Waals surface area contributed by atoms with Crippen LogP contribution in [0.4, 0.5) is 0 Å². The zero-order valence-corrected chi connectivity index (χ0v) is 8.36. The molecule has 1 nitrogen and oxygen atoms in total. The predicted octanol–water partition coefficient (Wildman–Crippen LogP) is 3.07. The van der Waals surface area contributed by atoms with Gasteiger partial charge in [-0.05, 0) is 17.9 Å². The second-order valence-corrected chi connectivity index (χ2v) is 3.74. The molecule has 72 valence electrons. The van der Waals surface area contributed by atoms with Gasteiger partial charge >= 0.3 is 0 Å². The molecule has 1 aliphatic carbocycles. The van der Waals surface area contributed by atoms with Gasteiger partial charge in [-0.1, -0.05) is 43.3 Å². The highest BCUT2D eigenvalue weighted by molar-refractivity contribution is 6.22. The molecule has 2 rings (SSSR count). The van der Waals surface area contributed by atoms with Crippen molar-refractivity contribution in [2.45, 2.75) is 19.8 Å². The van der Waals surface area contributed by atoms with Gasteiger partial charge in [0, 0.05) is 12.0 Å². The van der Waals surface area contributed by atoms with Crippen molar-refractivity contribution in [2.24, 2.45) is 5.92 Å². The Hall–Kier alpha value is -1.37. The third-order valence-corrected chi connectivity index (χ3v) is 2.76. The van der Waals surface area contributed by atoms with E-state index in [1.165, 1.54) is 0 Å². The molecule has 0 saturated heterocycles. The second kappa shape index (κ2) is 3.79. The van der Waals surface area contributed by atoms with Gasteiger partial charge in [0.05, 0.1) is 0 Å². The van der Waals surface area contributed by atoms with Crippen molar-refractivity contribution in [1.29, 1.82) is 0 Å². The minimum absolute atomic E-state index is 0.294. The summed E-state index contributed by atoms with van der Waals surface area (Å²) in [5, 5.41) is 0. The van der Waals surface area contributed by atoms with Crippen molar-refractivity contribution < 1.29 is 4.79 Å². The molecule has 14 heavy (non-hydrogen) atoms. The summed E-state index contributed by atoms with van der Waals surface area (Å²) in [6.45, 7) is 2.13. The average molecular weight is 186 g/mol. The molecule has 0 aromatic heterocycles. The average Bonchev–Trinajstić information content (AvgIpc) is 2.61. The van der Waals surface area contributed by atoms with Gasteiger partial charge in [-0.15, -0.1) is 0 Å². The van der Waals surface area contributed by atoms with E-state index >= 15 is 0 Å². The number of hydrogen-bond acceptors (Lipinski definition) is 1. The first kappa shape index (κ1) is 9.20. The normalized spacial score (nSPS) is 21.1. The van der Waals surface area contributed by atoms with Crippen LogP contribution in [0, 0.1) is 5.92 Å². The van der Waals surface area contributed by atoms with Crippen LogP contribution in [0.3, 0.4) is 0 Å². The van der Waals surface area contributed by atoms with Crippen molar-refractivity contribution in [1.82, 2.24) is 0 Å². The maximum atomic E-state index is 11.7. The summed E-state index contributed by atoms with van der Waals surface area (Å²) < 4.78 is 0. The lowest BCUT2D eigenvalue weighted by molar-refractivity contribution is -0.113. The Kier molecular flexibility index (Phi) is 2.49. The van der Waals surface area contributed by atoms with E-state index in [0.29, 0.717) is 18.1 Å². The topological polar surface area (TPSA) is 17.1 Å². The number of hydrogen-bond donors (Lipinski definition) is 0. The van der Waals surface area contributed by atoms with Crippen molar-refractivity contribution >= 4 is 11.4 Å². The van der Waals surface area contributed by atoms with Crippen molar-refractivity contribution in [2.75, 3.05) is 0 Å². The van der Waals surface area contributed by atoms with Gasteiger partial charge < -0.3 is 0 Å². The molecule has 0 heterocycles. The van der Waals surface area contributed by atoms with Gasteiger partial charge in [0.15, 0.2) is 5.78 Å². The Morgan fingerprint density at radius 2 is 2.00 bits per heavy atom. The molecule has 0 saturated carbocycles. The molecule has 0 aliphatic heterocycles. The highest BCUT2D eigenvalue weighted by atomic mass is 16.1. The molecule has 1 aliphatic rings. The Bertz CT molecular complexity index is 362. The first-order chi connectivity index (χ1) is 6.81. The van der Waals surface area contributed by atoms with E-state index in [9.17, 15) is 4.79 Å². The molecule has 0 unspecified atom stereocenters. The van der Waals surface area contributed by atoms with E-state index in [4.69, 9.17) is 0 Å². The van der Waals surface area contributed by atoms with Crippen LogP contribution in [-0.4, -0.2) is 5.78 Å². The summed E-state index contributed by atoms with van der Waals surface area (Å²) in [7, 11) is 0. The van der Waals surface area contributed by atoms with Gasteiger partial charge in [-0.2, -0.15) is 0 Å². The standard InChI is InChI=1S/C13H14O/c1-2-10-8-12(13(14)9-10)11-6-4-3-5-7-11/h3-8,10H,2,9H2,1H3/t10-/m0/s1.